The molecule has 1 aromatic rings. The molecule has 19 heavy (non-hydrogen) atoms. The van der Waals surface area contributed by atoms with Crippen molar-refractivity contribution in [3.05, 3.63) is 34.6 Å². The number of rotatable bonds is 3. The van der Waals surface area contributed by atoms with Crippen LogP contribution in [-0.4, -0.2) is 42.0 Å². The van der Waals surface area contributed by atoms with Gasteiger partial charge in [-0.1, -0.05) is 17.7 Å². The Balaban J connectivity index is 1.91. The van der Waals surface area contributed by atoms with E-state index >= 15 is 0 Å². The molecule has 0 bridgehead atoms. The highest BCUT2D eigenvalue weighted by atomic mass is 35.5. The molecule has 1 atom stereocenters. The predicted octanol–water partition coefficient (Wildman–Crippen LogP) is 2.51. The molecule has 0 aromatic heterocycles. The number of benzene rings is 1. The van der Waals surface area contributed by atoms with E-state index in [-0.39, 0.29) is 11.9 Å². The van der Waals surface area contributed by atoms with E-state index < -0.39 is 0 Å². The molecule has 0 spiro atoms. The Morgan fingerprint density at radius 1 is 1.37 bits per heavy atom. The van der Waals surface area contributed by atoms with Crippen molar-refractivity contribution in [3.8, 4) is 6.07 Å². The van der Waals surface area contributed by atoms with Crippen molar-refractivity contribution in [2.75, 3.05) is 26.2 Å². The maximum absolute atomic E-state index is 13.0. The van der Waals surface area contributed by atoms with Gasteiger partial charge in [0.2, 0.25) is 0 Å². The van der Waals surface area contributed by atoms with Gasteiger partial charge in [0.05, 0.1) is 12.1 Å². The molecule has 0 amide bonds. The molecule has 0 N–H and O–H groups in total. The lowest BCUT2D eigenvalue weighted by molar-refractivity contribution is 0.114. The quantitative estimate of drug-likeness (QED) is 0.853. The molecule has 0 radical (unpaired) electrons. The Bertz CT molecular complexity index is 478. The van der Waals surface area contributed by atoms with Crippen LogP contribution in [0.25, 0.3) is 0 Å². The Labute approximate surface area is 118 Å². The second kappa shape index (κ2) is 6.33. The molecule has 1 aromatic carbocycles. The molecule has 3 nitrogen and oxygen atoms in total. The van der Waals surface area contributed by atoms with Gasteiger partial charge in [-0.3, -0.25) is 9.80 Å². The highest BCUT2D eigenvalue weighted by Crippen LogP contribution is 2.20. The monoisotopic (exact) mass is 281 g/mol. The third-order valence-corrected chi connectivity index (χ3v) is 3.90. The number of nitriles is 1. The summed E-state index contributed by atoms with van der Waals surface area (Å²) in [5, 5.41) is 9.37. The topological polar surface area (TPSA) is 30.3 Å². The SMILES string of the molecule is CC(C#N)N1CCN(Cc2ccc(F)cc2Cl)CC1. The van der Waals surface area contributed by atoms with Crippen LogP contribution in [0.15, 0.2) is 18.2 Å². The van der Waals surface area contributed by atoms with Gasteiger partial charge in [-0.15, -0.1) is 0 Å². The normalized spacial score (nSPS) is 19.1. The summed E-state index contributed by atoms with van der Waals surface area (Å²) in [6.45, 7) is 6.22. The molecular weight excluding hydrogens is 265 g/mol. The van der Waals surface area contributed by atoms with E-state index in [9.17, 15) is 4.39 Å². The van der Waals surface area contributed by atoms with Gasteiger partial charge in [-0.25, -0.2) is 4.39 Å². The highest BCUT2D eigenvalue weighted by molar-refractivity contribution is 6.31. The zero-order chi connectivity index (χ0) is 13.8. The van der Waals surface area contributed by atoms with E-state index in [1.807, 2.05) is 6.92 Å². The summed E-state index contributed by atoms with van der Waals surface area (Å²) in [5.74, 6) is -0.304. The Hall–Kier alpha value is -1.15. The van der Waals surface area contributed by atoms with Crippen LogP contribution in [0, 0.1) is 17.1 Å². The lowest BCUT2D eigenvalue weighted by atomic mass is 10.2. The first-order chi connectivity index (χ1) is 9.10. The Kier molecular flexibility index (Phi) is 4.76. The molecule has 102 valence electrons. The van der Waals surface area contributed by atoms with Crippen LogP contribution >= 0.6 is 11.6 Å². The van der Waals surface area contributed by atoms with E-state index in [1.54, 1.807) is 6.07 Å². The molecule has 1 unspecified atom stereocenters. The van der Waals surface area contributed by atoms with Crippen molar-refractivity contribution in [1.29, 1.82) is 5.26 Å². The van der Waals surface area contributed by atoms with E-state index in [2.05, 4.69) is 15.9 Å². The van der Waals surface area contributed by atoms with Gasteiger partial charge in [0.15, 0.2) is 0 Å². The average Bonchev–Trinajstić information content (AvgIpc) is 2.42. The van der Waals surface area contributed by atoms with Gasteiger partial charge in [0.25, 0.3) is 0 Å². The maximum atomic E-state index is 13.0. The number of nitrogens with zero attached hydrogens (tertiary/aromatic N) is 3. The minimum atomic E-state index is -0.304. The van der Waals surface area contributed by atoms with Crippen molar-refractivity contribution < 1.29 is 4.39 Å². The molecular formula is C14H17ClFN3. The predicted molar refractivity (Wildman–Crippen MR) is 73.3 cm³/mol. The smallest absolute Gasteiger partial charge is 0.124 e. The van der Waals surface area contributed by atoms with Crippen molar-refractivity contribution in [3.63, 3.8) is 0 Å². The third-order valence-electron chi connectivity index (χ3n) is 3.55. The second-order valence-corrected chi connectivity index (χ2v) is 5.26. The summed E-state index contributed by atoms with van der Waals surface area (Å²) >= 11 is 6.03. The molecule has 1 aliphatic rings. The first-order valence-corrected chi connectivity index (χ1v) is 6.78. The summed E-state index contributed by atoms with van der Waals surface area (Å²) in [6.07, 6.45) is 0. The number of hydrogen-bond donors (Lipinski definition) is 0. The summed E-state index contributed by atoms with van der Waals surface area (Å²) in [5.41, 5.74) is 0.949. The second-order valence-electron chi connectivity index (χ2n) is 4.85. The van der Waals surface area contributed by atoms with Crippen molar-refractivity contribution in [1.82, 2.24) is 9.80 Å². The number of hydrogen-bond acceptors (Lipinski definition) is 3. The van der Waals surface area contributed by atoms with Crippen molar-refractivity contribution >= 4 is 11.6 Å². The van der Waals surface area contributed by atoms with Gasteiger partial charge >= 0.3 is 0 Å². The fourth-order valence-corrected chi connectivity index (χ4v) is 2.51. The van der Waals surface area contributed by atoms with E-state index in [1.165, 1.54) is 12.1 Å². The molecule has 0 saturated carbocycles. The van der Waals surface area contributed by atoms with Gasteiger partial charge in [0, 0.05) is 37.7 Å². The Morgan fingerprint density at radius 2 is 2.05 bits per heavy atom. The summed E-state index contributed by atoms with van der Waals surface area (Å²) < 4.78 is 13.0. The maximum Gasteiger partial charge on any atom is 0.124 e. The van der Waals surface area contributed by atoms with Crippen LogP contribution in [0.5, 0.6) is 0 Å². The molecule has 2 rings (SSSR count). The standard InChI is InChI=1S/C14H17ClFN3/c1-11(9-17)19-6-4-18(5-7-19)10-12-2-3-13(16)8-14(12)15/h2-3,8,11H,4-7,10H2,1H3. The van der Waals surface area contributed by atoms with Crippen LogP contribution in [-0.2, 0) is 6.54 Å². The Morgan fingerprint density at radius 3 is 2.63 bits per heavy atom. The van der Waals surface area contributed by atoms with Gasteiger partial charge < -0.3 is 0 Å². The largest absolute Gasteiger partial charge is 0.296 e. The molecule has 0 aliphatic carbocycles. The number of halogens is 2. The minimum absolute atomic E-state index is 0.0310. The first-order valence-electron chi connectivity index (χ1n) is 6.40. The fraction of sp³-hybridized carbons (Fsp3) is 0.500. The molecule has 1 heterocycles. The van der Waals surface area contributed by atoms with Crippen molar-refractivity contribution in [2.24, 2.45) is 0 Å². The van der Waals surface area contributed by atoms with E-state index in [4.69, 9.17) is 16.9 Å². The molecule has 1 fully saturated rings. The molecule has 1 aliphatic heterocycles. The average molecular weight is 282 g/mol. The molecule has 1 saturated heterocycles. The van der Waals surface area contributed by atoms with E-state index in [0.717, 1.165) is 38.3 Å². The van der Waals surface area contributed by atoms with Crippen LogP contribution < -0.4 is 0 Å². The van der Waals surface area contributed by atoms with Crippen LogP contribution in [0.1, 0.15) is 12.5 Å². The van der Waals surface area contributed by atoms with Crippen LogP contribution in [0.2, 0.25) is 5.02 Å². The highest BCUT2D eigenvalue weighted by Gasteiger charge is 2.21. The zero-order valence-corrected chi connectivity index (χ0v) is 11.7. The third kappa shape index (κ3) is 3.66. The van der Waals surface area contributed by atoms with Crippen LogP contribution in [0.3, 0.4) is 0 Å². The van der Waals surface area contributed by atoms with Gasteiger partial charge in [-0.2, -0.15) is 5.26 Å². The summed E-state index contributed by atoms with van der Waals surface area (Å²) in [4.78, 5) is 4.45. The van der Waals surface area contributed by atoms with E-state index in [0.29, 0.717) is 5.02 Å². The number of piperazine rings is 1. The van der Waals surface area contributed by atoms with Gasteiger partial charge in [0.1, 0.15) is 5.82 Å². The first kappa shape index (κ1) is 14.3. The van der Waals surface area contributed by atoms with Crippen molar-refractivity contribution in [2.45, 2.75) is 19.5 Å². The minimum Gasteiger partial charge on any atom is -0.296 e. The zero-order valence-electron chi connectivity index (χ0n) is 10.9. The lowest BCUT2D eigenvalue weighted by Crippen LogP contribution is -2.48. The molecule has 5 heteroatoms. The lowest BCUT2D eigenvalue weighted by Gasteiger charge is -2.36. The van der Waals surface area contributed by atoms with Gasteiger partial charge in [-0.05, 0) is 24.6 Å². The summed E-state index contributed by atoms with van der Waals surface area (Å²) in [6, 6.07) is 6.76. The fourth-order valence-electron chi connectivity index (χ4n) is 2.28. The van der Waals surface area contributed by atoms with Crippen LogP contribution in [0.4, 0.5) is 4.39 Å². The summed E-state index contributed by atoms with van der Waals surface area (Å²) in [7, 11) is 0.